The molecule has 0 saturated carbocycles. The fourth-order valence-electron chi connectivity index (χ4n) is 2.79. The molecule has 11 heteroatoms. The zero-order chi connectivity index (χ0) is 25.0. The van der Waals surface area contributed by atoms with Crippen molar-refractivity contribution >= 4 is 37.6 Å². The number of aromatic nitrogens is 3. The van der Waals surface area contributed by atoms with E-state index in [0.717, 1.165) is 31.2 Å². The van der Waals surface area contributed by atoms with Crippen molar-refractivity contribution in [3.05, 3.63) is 83.8 Å². The minimum Gasteiger partial charge on any atom is -0.437 e. The number of carbonyl (C=O) groups excluding carboxylic acids is 3. The molecular weight excluding hydrogens is 464 g/mol. The van der Waals surface area contributed by atoms with Gasteiger partial charge in [0.2, 0.25) is 0 Å². The zero-order valence-electron chi connectivity index (χ0n) is 17.7. The van der Waals surface area contributed by atoms with Crippen LogP contribution in [0.3, 0.4) is 0 Å². The van der Waals surface area contributed by atoms with Gasteiger partial charge in [-0.2, -0.15) is 0 Å². The molecule has 0 saturated heterocycles. The van der Waals surface area contributed by atoms with Crippen LogP contribution in [0.15, 0.2) is 55.4 Å². The topological polar surface area (TPSA) is 118 Å². The summed E-state index contributed by atoms with van der Waals surface area (Å²) >= 11 is 0. The average Bonchev–Trinajstić information content (AvgIpc) is 2.86. The summed E-state index contributed by atoms with van der Waals surface area (Å²) < 4.78 is 41.8. The molecule has 3 aromatic heterocycles. The van der Waals surface area contributed by atoms with Gasteiger partial charge in [0.1, 0.15) is 11.6 Å². The molecule has 0 bridgehead atoms. The molecule has 0 aliphatic heterocycles. The second-order valence-electron chi connectivity index (χ2n) is 6.46. The molecule has 0 radical (unpaired) electrons. The quantitative estimate of drug-likeness (QED) is 0.229. The van der Waals surface area contributed by atoms with Gasteiger partial charge in [0.05, 0.1) is 54.0 Å². The summed E-state index contributed by atoms with van der Waals surface area (Å²) in [5.74, 6) is -1.33. The molecule has 9 nitrogen and oxygen atoms in total. The van der Waals surface area contributed by atoms with Crippen LogP contribution in [0.4, 0.5) is 8.78 Å². The minimum absolute atomic E-state index is 0.0768. The summed E-state index contributed by atoms with van der Waals surface area (Å²) in [7, 11) is 0. The Balaban J connectivity index is 2.11. The number of hydrogen-bond donors (Lipinski definition) is 0. The summed E-state index contributed by atoms with van der Waals surface area (Å²) in [5.41, 5.74) is 1.74. The number of nitrogens with zero attached hydrogens (tertiary/aromatic N) is 3. The zero-order valence-corrected chi connectivity index (χ0v) is 17.7. The highest BCUT2D eigenvalue weighted by atomic mass is 19.1. The van der Waals surface area contributed by atoms with Crippen LogP contribution in [0.25, 0.3) is 41.0 Å². The van der Waals surface area contributed by atoms with Gasteiger partial charge in [0.15, 0.2) is 0 Å². The first-order valence-electron chi connectivity index (χ1n) is 9.66. The van der Waals surface area contributed by atoms with Crippen molar-refractivity contribution in [3.63, 3.8) is 0 Å². The van der Waals surface area contributed by atoms with Crippen LogP contribution < -0.4 is 0 Å². The maximum absolute atomic E-state index is 14.1. The van der Waals surface area contributed by atoms with E-state index in [1.54, 1.807) is 12.1 Å². The highest BCUT2D eigenvalue weighted by Gasteiger charge is 2.12. The van der Waals surface area contributed by atoms with Crippen molar-refractivity contribution in [2.24, 2.45) is 0 Å². The number of halogens is 2. The Labute approximate surface area is 197 Å². The van der Waals surface area contributed by atoms with Gasteiger partial charge < -0.3 is 14.2 Å². The van der Waals surface area contributed by atoms with Gasteiger partial charge >= 0.3 is 0 Å². The number of carbonyl (C=O) groups is 3. The highest BCUT2D eigenvalue weighted by Crippen LogP contribution is 2.26. The van der Waals surface area contributed by atoms with E-state index in [1.807, 2.05) is 0 Å². The van der Waals surface area contributed by atoms with Gasteiger partial charge in [-0.3, -0.25) is 24.4 Å². The molecule has 0 unspecified atom stereocenters. The van der Waals surface area contributed by atoms with Crippen LogP contribution in [-0.4, -0.2) is 34.4 Å². The summed E-state index contributed by atoms with van der Waals surface area (Å²) in [4.78, 5) is 43.7. The second kappa shape index (κ2) is 12.3. The molecule has 3 aromatic rings. The standard InChI is InChI=1S/C24H15F2N3O6/c25-19-11-27-21(9-17(19)2-5-34-14-31)23-7-16(1-4-33-13-30)8-24(29-23)22-10-18(3-6-35-15-32)20(26)12-28-22/h1-15H/b4-1+,5-2+,6-3+. The maximum Gasteiger partial charge on any atom is 0.297 e. The number of hydrogen-bond acceptors (Lipinski definition) is 9. The van der Waals surface area contributed by atoms with E-state index in [2.05, 4.69) is 29.2 Å². The smallest absolute Gasteiger partial charge is 0.297 e. The van der Waals surface area contributed by atoms with Crippen molar-refractivity contribution in [1.29, 1.82) is 0 Å². The van der Waals surface area contributed by atoms with Gasteiger partial charge in [0, 0.05) is 11.1 Å². The summed E-state index contributed by atoms with van der Waals surface area (Å²) in [5, 5.41) is 0. The maximum atomic E-state index is 14.1. The van der Waals surface area contributed by atoms with Crippen LogP contribution in [0, 0.1) is 11.6 Å². The van der Waals surface area contributed by atoms with Gasteiger partial charge in [-0.25, -0.2) is 13.8 Å². The Morgan fingerprint density at radius 3 is 1.46 bits per heavy atom. The fraction of sp³-hybridized carbons (Fsp3) is 0. The molecule has 0 aliphatic carbocycles. The van der Waals surface area contributed by atoms with Crippen molar-refractivity contribution < 1.29 is 37.4 Å². The predicted molar refractivity (Wildman–Crippen MR) is 119 cm³/mol. The Kier molecular flexibility index (Phi) is 8.60. The monoisotopic (exact) mass is 479 g/mol. The van der Waals surface area contributed by atoms with Gasteiger partial charge in [-0.1, -0.05) is 0 Å². The third-order valence-electron chi connectivity index (χ3n) is 4.30. The van der Waals surface area contributed by atoms with E-state index in [0.29, 0.717) is 5.56 Å². The lowest BCUT2D eigenvalue weighted by Crippen LogP contribution is -1.97. The van der Waals surface area contributed by atoms with Crippen LogP contribution in [-0.2, 0) is 28.6 Å². The summed E-state index contributed by atoms with van der Waals surface area (Å²) in [6, 6.07) is 5.94. The molecule has 176 valence electrons. The third-order valence-corrected chi connectivity index (χ3v) is 4.30. The number of ether oxygens (including phenoxy) is 3. The van der Waals surface area contributed by atoms with Crippen molar-refractivity contribution in [1.82, 2.24) is 15.0 Å². The molecule has 3 heterocycles. The van der Waals surface area contributed by atoms with Crippen LogP contribution in [0.5, 0.6) is 0 Å². The second-order valence-corrected chi connectivity index (χ2v) is 6.46. The van der Waals surface area contributed by atoms with Crippen molar-refractivity contribution in [2.45, 2.75) is 0 Å². The van der Waals surface area contributed by atoms with Crippen LogP contribution in [0.1, 0.15) is 16.7 Å². The van der Waals surface area contributed by atoms with E-state index in [1.165, 1.54) is 30.4 Å². The normalized spacial score (nSPS) is 11.1. The Morgan fingerprint density at radius 1 is 0.600 bits per heavy atom. The summed E-state index contributed by atoms with van der Waals surface area (Å²) in [6.45, 7) is 0.611. The van der Waals surface area contributed by atoms with Gasteiger partial charge in [0.25, 0.3) is 19.4 Å². The number of rotatable bonds is 11. The Hall–Kier alpha value is -5.06. The lowest BCUT2D eigenvalue weighted by Gasteiger charge is -2.09. The van der Waals surface area contributed by atoms with Crippen LogP contribution >= 0.6 is 0 Å². The first-order chi connectivity index (χ1) is 17.0. The Morgan fingerprint density at radius 2 is 1.03 bits per heavy atom. The van der Waals surface area contributed by atoms with Crippen molar-refractivity contribution in [3.8, 4) is 22.8 Å². The molecule has 0 atom stereocenters. The van der Waals surface area contributed by atoms with E-state index < -0.39 is 11.6 Å². The summed E-state index contributed by atoms with van der Waals surface area (Å²) in [6.07, 6.45) is 9.04. The molecule has 0 aliphatic rings. The predicted octanol–water partition coefficient (Wildman–Crippen LogP) is 3.91. The Bertz CT molecular complexity index is 1240. The highest BCUT2D eigenvalue weighted by molar-refractivity contribution is 5.70. The third kappa shape index (κ3) is 6.71. The van der Waals surface area contributed by atoms with Crippen molar-refractivity contribution in [2.75, 3.05) is 0 Å². The van der Waals surface area contributed by atoms with E-state index in [4.69, 9.17) is 0 Å². The molecule has 0 fully saturated rings. The SMILES string of the molecule is O=CO/C=C/c1cc(-c2cc(/C=C/OC=O)c(F)cn2)nc(-c2cc(/C=C/OC=O)c(F)cn2)c1. The van der Waals surface area contributed by atoms with Gasteiger partial charge in [-0.15, -0.1) is 0 Å². The van der Waals surface area contributed by atoms with Crippen LogP contribution in [0.2, 0.25) is 0 Å². The first-order valence-corrected chi connectivity index (χ1v) is 9.66. The average molecular weight is 479 g/mol. The minimum atomic E-state index is -0.663. The lowest BCUT2D eigenvalue weighted by molar-refractivity contribution is -0.124. The first kappa shape index (κ1) is 24.6. The van der Waals surface area contributed by atoms with E-state index in [9.17, 15) is 23.2 Å². The lowest BCUT2D eigenvalue weighted by atomic mass is 10.1. The molecule has 35 heavy (non-hydrogen) atoms. The van der Waals surface area contributed by atoms with E-state index in [-0.39, 0.29) is 53.3 Å². The van der Waals surface area contributed by atoms with E-state index >= 15 is 0 Å². The molecular formula is C24H15F2N3O6. The largest absolute Gasteiger partial charge is 0.437 e. The molecule has 0 spiro atoms. The molecule has 0 amide bonds. The molecule has 0 aromatic carbocycles. The van der Waals surface area contributed by atoms with Gasteiger partial charge in [-0.05, 0) is 48.1 Å². The molecule has 0 N–H and O–H groups in total. The molecule has 3 rings (SSSR count). The number of pyridine rings is 3. The fourth-order valence-corrected chi connectivity index (χ4v) is 2.79.